The van der Waals surface area contributed by atoms with Crippen molar-refractivity contribution in [2.24, 2.45) is 11.1 Å². The quantitative estimate of drug-likeness (QED) is 0.855. The summed E-state index contributed by atoms with van der Waals surface area (Å²) in [4.78, 5) is 1.22. The number of hydrogen-bond donors (Lipinski definition) is 2. The molecular weight excluding hydrogens is 228 g/mol. The van der Waals surface area contributed by atoms with Gasteiger partial charge >= 0.3 is 0 Å². The highest BCUT2D eigenvalue weighted by molar-refractivity contribution is 7.16. The second-order valence-corrected chi connectivity index (χ2v) is 6.11. The first-order valence-electron chi connectivity index (χ1n) is 5.33. The molecule has 84 valence electrons. The van der Waals surface area contributed by atoms with Crippen molar-refractivity contribution in [1.82, 2.24) is 5.32 Å². The van der Waals surface area contributed by atoms with Crippen LogP contribution in [-0.2, 0) is 0 Å². The maximum absolute atomic E-state index is 6.35. The van der Waals surface area contributed by atoms with E-state index in [2.05, 4.69) is 11.4 Å². The first-order chi connectivity index (χ1) is 7.18. The lowest BCUT2D eigenvalue weighted by atomic mass is 9.64. The van der Waals surface area contributed by atoms with Crippen LogP contribution in [0.5, 0.6) is 0 Å². The maximum atomic E-state index is 6.35. The summed E-state index contributed by atoms with van der Waals surface area (Å²) in [5, 5.41) is 3.26. The Morgan fingerprint density at radius 1 is 1.60 bits per heavy atom. The Balaban J connectivity index is 2.14. The van der Waals surface area contributed by atoms with Gasteiger partial charge in [-0.2, -0.15) is 0 Å². The topological polar surface area (TPSA) is 38.0 Å². The molecule has 1 fully saturated rings. The van der Waals surface area contributed by atoms with Crippen LogP contribution in [0.1, 0.15) is 30.2 Å². The fourth-order valence-corrected chi connectivity index (χ4v) is 3.58. The zero-order valence-corrected chi connectivity index (χ0v) is 10.5. The molecule has 1 atom stereocenters. The SMILES string of the molecule is CNCC1(C(N)c2ccc(Cl)s2)CCC1. The maximum Gasteiger partial charge on any atom is 0.0931 e. The van der Waals surface area contributed by atoms with Crippen molar-refractivity contribution in [2.75, 3.05) is 13.6 Å². The van der Waals surface area contributed by atoms with E-state index in [4.69, 9.17) is 17.3 Å². The molecule has 2 rings (SSSR count). The van der Waals surface area contributed by atoms with Crippen LogP contribution in [0.3, 0.4) is 0 Å². The zero-order chi connectivity index (χ0) is 10.9. The first kappa shape index (κ1) is 11.4. The Kier molecular flexibility index (Phi) is 3.36. The van der Waals surface area contributed by atoms with Gasteiger partial charge in [0, 0.05) is 22.9 Å². The molecule has 0 aliphatic heterocycles. The Morgan fingerprint density at radius 3 is 2.73 bits per heavy atom. The van der Waals surface area contributed by atoms with Crippen LogP contribution in [0.25, 0.3) is 0 Å². The summed E-state index contributed by atoms with van der Waals surface area (Å²) in [5.74, 6) is 0. The number of nitrogens with one attached hydrogen (secondary N) is 1. The van der Waals surface area contributed by atoms with Gasteiger partial charge in [0.2, 0.25) is 0 Å². The van der Waals surface area contributed by atoms with Crippen LogP contribution in [-0.4, -0.2) is 13.6 Å². The minimum absolute atomic E-state index is 0.135. The van der Waals surface area contributed by atoms with Crippen molar-refractivity contribution in [3.8, 4) is 0 Å². The summed E-state index contributed by atoms with van der Waals surface area (Å²) in [6.07, 6.45) is 3.75. The number of thiophene rings is 1. The van der Waals surface area contributed by atoms with E-state index < -0.39 is 0 Å². The Hall–Kier alpha value is -0.0900. The fraction of sp³-hybridized carbons (Fsp3) is 0.636. The molecule has 15 heavy (non-hydrogen) atoms. The van der Waals surface area contributed by atoms with Gasteiger partial charge in [-0.3, -0.25) is 0 Å². The molecule has 1 saturated carbocycles. The number of hydrogen-bond acceptors (Lipinski definition) is 3. The first-order valence-corrected chi connectivity index (χ1v) is 6.53. The third-order valence-corrected chi connectivity index (χ3v) is 4.75. The van der Waals surface area contributed by atoms with E-state index in [1.165, 1.54) is 24.1 Å². The molecule has 0 saturated heterocycles. The van der Waals surface area contributed by atoms with Crippen molar-refractivity contribution in [3.05, 3.63) is 21.3 Å². The van der Waals surface area contributed by atoms with Crippen LogP contribution in [0.2, 0.25) is 4.34 Å². The summed E-state index contributed by atoms with van der Waals surface area (Å²) in [6.45, 7) is 1.00. The van der Waals surface area contributed by atoms with Gasteiger partial charge in [-0.15, -0.1) is 11.3 Å². The highest BCUT2D eigenvalue weighted by Crippen LogP contribution is 2.50. The van der Waals surface area contributed by atoms with E-state index in [0.717, 1.165) is 10.9 Å². The lowest BCUT2D eigenvalue weighted by molar-refractivity contribution is 0.0963. The van der Waals surface area contributed by atoms with Crippen LogP contribution >= 0.6 is 22.9 Å². The Labute approximate surface area is 99.8 Å². The Morgan fingerprint density at radius 2 is 2.33 bits per heavy atom. The second kappa shape index (κ2) is 4.42. The van der Waals surface area contributed by atoms with Gasteiger partial charge in [0.25, 0.3) is 0 Å². The third kappa shape index (κ3) is 2.07. The predicted octanol–water partition coefficient (Wildman–Crippen LogP) is 2.79. The Bertz CT molecular complexity index is 333. The van der Waals surface area contributed by atoms with Gasteiger partial charge in [-0.1, -0.05) is 18.0 Å². The molecule has 1 aromatic heterocycles. The molecule has 3 N–H and O–H groups in total. The molecular formula is C11H17ClN2S. The lowest BCUT2D eigenvalue weighted by Crippen LogP contribution is -2.46. The van der Waals surface area contributed by atoms with Gasteiger partial charge in [0.15, 0.2) is 0 Å². The van der Waals surface area contributed by atoms with Gasteiger partial charge in [0.1, 0.15) is 0 Å². The molecule has 1 heterocycles. The average molecular weight is 245 g/mol. The standard InChI is InChI=1S/C11H17ClN2S/c1-14-7-11(5-2-6-11)10(13)8-3-4-9(12)15-8/h3-4,10,14H,2,5-7,13H2,1H3. The van der Waals surface area contributed by atoms with Crippen molar-refractivity contribution in [3.63, 3.8) is 0 Å². The fourth-order valence-electron chi connectivity index (χ4n) is 2.38. The van der Waals surface area contributed by atoms with E-state index in [1.807, 2.05) is 13.1 Å². The number of halogens is 1. The van der Waals surface area contributed by atoms with Crippen molar-refractivity contribution in [1.29, 1.82) is 0 Å². The normalized spacial score (nSPS) is 21.0. The van der Waals surface area contributed by atoms with E-state index >= 15 is 0 Å². The lowest BCUT2D eigenvalue weighted by Gasteiger charge is -2.46. The highest BCUT2D eigenvalue weighted by Gasteiger charge is 2.42. The number of rotatable bonds is 4. The summed E-state index contributed by atoms with van der Waals surface area (Å²) >= 11 is 7.55. The van der Waals surface area contributed by atoms with E-state index in [0.29, 0.717) is 0 Å². The van der Waals surface area contributed by atoms with Gasteiger partial charge < -0.3 is 11.1 Å². The van der Waals surface area contributed by atoms with Crippen LogP contribution in [0.15, 0.2) is 12.1 Å². The molecule has 1 aromatic rings. The third-order valence-electron chi connectivity index (χ3n) is 3.44. The van der Waals surface area contributed by atoms with E-state index in [-0.39, 0.29) is 11.5 Å². The minimum atomic E-state index is 0.135. The molecule has 0 amide bonds. The van der Waals surface area contributed by atoms with Crippen molar-refractivity contribution in [2.45, 2.75) is 25.3 Å². The molecule has 0 spiro atoms. The van der Waals surface area contributed by atoms with E-state index in [9.17, 15) is 0 Å². The van der Waals surface area contributed by atoms with Gasteiger partial charge in [0.05, 0.1) is 4.34 Å². The summed E-state index contributed by atoms with van der Waals surface area (Å²) < 4.78 is 0.833. The average Bonchev–Trinajstić information content (AvgIpc) is 2.57. The molecule has 0 bridgehead atoms. The van der Waals surface area contributed by atoms with Crippen molar-refractivity contribution >= 4 is 22.9 Å². The van der Waals surface area contributed by atoms with Gasteiger partial charge in [-0.25, -0.2) is 0 Å². The molecule has 1 aliphatic rings. The minimum Gasteiger partial charge on any atom is -0.323 e. The molecule has 1 unspecified atom stereocenters. The monoisotopic (exact) mass is 244 g/mol. The molecule has 2 nitrogen and oxygen atoms in total. The van der Waals surface area contributed by atoms with Crippen LogP contribution in [0, 0.1) is 5.41 Å². The second-order valence-electron chi connectivity index (χ2n) is 4.37. The highest BCUT2D eigenvalue weighted by atomic mass is 35.5. The summed E-state index contributed by atoms with van der Waals surface area (Å²) in [5.41, 5.74) is 6.61. The molecule has 0 aromatic carbocycles. The van der Waals surface area contributed by atoms with Crippen LogP contribution in [0.4, 0.5) is 0 Å². The van der Waals surface area contributed by atoms with Crippen molar-refractivity contribution < 1.29 is 0 Å². The predicted molar refractivity (Wildman–Crippen MR) is 66.5 cm³/mol. The summed E-state index contributed by atoms with van der Waals surface area (Å²) in [6, 6.07) is 4.14. The molecule has 0 radical (unpaired) electrons. The van der Waals surface area contributed by atoms with Gasteiger partial charge in [-0.05, 0) is 32.0 Å². The largest absolute Gasteiger partial charge is 0.323 e. The summed E-state index contributed by atoms with van der Waals surface area (Å²) in [7, 11) is 1.99. The molecule has 4 heteroatoms. The zero-order valence-electron chi connectivity index (χ0n) is 8.92. The smallest absolute Gasteiger partial charge is 0.0931 e. The van der Waals surface area contributed by atoms with E-state index in [1.54, 1.807) is 11.3 Å². The molecule has 1 aliphatic carbocycles. The van der Waals surface area contributed by atoms with Crippen LogP contribution < -0.4 is 11.1 Å². The number of nitrogens with two attached hydrogens (primary N) is 1.